The summed E-state index contributed by atoms with van der Waals surface area (Å²) in [4.78, 5) is 10.9. The van der Waals surface area contributed by atoms with Gasteiger partial charge in [0, 0.05) is 0 Å². The fourth-order valence-corrected chi connectivity index (χ4v) is 1.23. The molecule has 5 heteroatoms. The largest absolute Gasteiger partial charge is 0.416 e. The van der Waals surface area contributed by atoms with Crippen molar-refractivity contribution in [1.29, 1.82) is 0 Å². The van der Waals surface area contributed by atoms with Crippen LogP contribution in [-0.4, -0.2) is 11.8 Å². The number of Topliss-reactive ketones (excluding diaryl/α,β-unsaturated/α-hetero) is 1. The minimum Gasteiger partial charge on any atom is -0.321 e. The number of ketones is 1. The van der Waals surface area contributed by atoms with Gasteiger partial charge in [-0.05, 0) is 31.0 Å². The Hall–Kier alpha value is -1.36. The van der Waals surface area contributed by atoms with Gasteiger partial charge >= 0.3 is 6.18 Å². The first-order valence-corrected chi connectivity index (χ1v) is 4.73. The zero-order valence-electron chi connectivity index (χ0n) is 8.71. The lowest BCUT2D eigenvalue weighted by Crippen LogP contribution is -2.30. The maximum Gasteiger partial charge on any atom is 0.416 e. The second-order valence-corrected chi connectivity index (χ2v) is 3.62. The summed E-state index contributed by atoms with van der Waals surface area (Å²) < 4.78 is 36.7. The number of rotatable bonds is 3. The molecule has 0 fully saturated rings. The number of carbonyl (C=O) groups excluding carboxylic acids is 1. The van der Waals surface area contributed by atoms with Crippen LogP contribution in [-0.2, 0) is 17.4 Å². The lowest BCUT2D eigenvalue weighted by atomic mass is 10.0. The van der Waals surface area contributed by atoms with Gasteiger partial charge in [-0.2, -0.15) is 13.2 Å². The van der Waals surface area contributed by atoms with Crippen LogP contribution in [0.3, 0.4) is 0 Å². The van der Waals surface area contributed by atoms with Crippen LogP contribution < -0.4 is 5.73 Å². The highest BCUT2D eigenvalue weighted by molar-refractivity contribution is 5.81. The van der Waals surface area contributed by atoms with Crippen LogP contribution >= 0.6 is 0 Å². The molecule has 1 aromatic rings. The van der Waals surface area contributed by atoms with Crippen LogP contribution in [0.4, 0.5) is 13.2 Å². The van der Waals surface area contributed by atoms with Gasteiger partial charge in [0.05, 0.1) is 11.6 Å². The minimum atomic E-state index is -4.33. The van der Waals surface area contributed by atoms with Crippen molar-refractivity contribution in [1.82, 2.24) is 0 Å². The minimum absolute atomic E-state index is 0.181. The number of benzene rings is 1. The maximum absolute atomic E-state index is 12.2. The zero-order valence-corrected chi connectivity index (χ0v) is 8.71. The fraction of sp³-hybridized carbons (Fsp3) is 0.364. The first-order valence-electron chi connectivity index (χ1n) is 4.73. The Balaban J connectivity index is 2.76. The van der Waals surface area contributed by atoms with E-state index in [-0.39, 0.29) is 12.2 Å². The Labute approximate surface area is 91.3 Å². The van der Waals surface area contributed by atoms with Crippen molar-refractivity contribution in [3.63, 3.8) is 0 Å². The van der Waals surface area contributed by atoms with Crippen LogP contribution in [0.15, 0.2) is 24.3 Å². The molecule has 0 amide bonds. The molecule has 0 aromatic heterocycles. The summed E-state index contributed by atoms with van der Waals surface area (Å²) in [6.45, 7) is 1.36. The van der Waals surface area contributed by atoms with Crippen LogP contribution in [0.5, 0.6) is 0 Å². The second-order valence-electron chi connectivity index (χ2n) is 3.62. The average molecular weight is 231 g/mol. The van der Waals surface area contributed by atoms with E-state index in [1.165, 1.54) is 19.1 Å². The fourth-order valence-electron chi connectivity index (χ4n) is 1.23. The van der Waals surface area contributed by atoms with Crippen molar-refractivity contribution in [3.8, 4) is 0 Å². The molecular weight excluding hydrogens is 219 g/mol. The van der Waals surface area contributed by atoms with E-state index >= 15 is 0 Å². The van der Waals surface area contributed by atoms with Gasteiger partial charge in [-0.25, -0.2) is 0 Å². The molecule has 0 unspecified atom stereocenters. The lowest BCUT2D eigenvalue weighted by Gasteiger charge is -2.10. The maximum atomic E-state index is 12.2. The molecule has 1 rings (SSSR count). The van der Waals surface area contributed by atoms with Gasteiger partial charge in [0.2, 0.25) is 0 Å². The lowest BCUT2D eigenvalue weighted by molar-refractivity contribution is -0.137. The molecule has 0 aliphatic heterocycles. The van der Waals surface area contributed by atoms with E-state index < -0.39 is 17.8 Å². The third-order valence-corrected chi connectivity index (χ3v) is 2.26. The molecule has 0 heterocycles. The van der Waals surface area contributed by atoms with Crippen LogP contribution in [0.2, 0.25) is 0 Å². The molecule has 0 spiro atoms. The average Bonchev–Trinajstić information content (AvgIpc) is 2.17. The molecule has 0 aliphatic rings. The zero-order chi connectivity index (χ0) is 12.3. The number of hydrogen-bond donors (Lipinski definition) is 1. The predicted molar refractivity (Wildman–Crippen MR) is 53.8 cm³/mol. The van der Waals surface area contributed by atoms with Gasteiger partial charge in [-0.3, -0.25) is 4.79 Å². The normalized spacial score (nSPS) is 13.6. The number of carbonyl (C=O) groups is 1. The summed E-state index contributed by atoms with van der Waals surface area (Å²) in [5, 5.41) is 0. The molecule has 0 aliphatic carbocycles. The van der Waals surface area contributed by atoms with Crippen LogP contribution in [0.1, 0.15) is 18.1 Å². The number of alkyl halides is 3. The Morgan fingerprint density at radius 1 is 1.31 bits per heavy atom. The van der Waals surface area contributed by atoms with Gasteiger partial charge in [-0.1, -0.05) is 12.1 Å². The van der Waals surface area contributed by atoms with E-state index in [0.29, 0.717) is 5.56 Å². The molecule has 0 saturated carbocycles. The Bertz CT molecular complexity index is 370. The molecule has 0 saturated heterocycles. The van der Waals surface area contributed by atoms with E-state index in [0.717, 1.165) is 12.1 Å². The molecule has 0 radical (unpaired) electrons. The highest BCUT2D eigenvalue weighted by Gasteiger charge is 2.29. The van der Waals surface area contributed by atoms with E-state index in [9.17, 15) is 18.0 Å². The highest BCUT2D eigenvalue weighted by atomic mass is 19.4. The molecule has 2 nitrogen and oxygen atoms in total. The summed E-state index contributed by atoms with van der Waals surface area (Å²) >= 11 is 0. The van der Waals surface area contributed by atoms with Gasteiger partial charge in [-0.15, -0.1) is 0 Å². The third kappa shape index (κ3) is 3.34. The van der Waals surface area contributed by atoms with Crippen molar-refractivity contribution in [2.24, 2.45) is 5.73 Å². The van der Waals surface area contributed by atoms with E-state index in [1.807, 2.05) is 0 Å². The quantitative estimate of drug-likeness (QED) is 0.866. The molecule has 1 aromatic carbocycles. The summed E-state index contributed by atoms with van der Waals surface area (Å²) in [6.07, 6.45) is -4.07. The van der Waals surface area contributed by atoms with Crippen LogP contribution in [0, 0.1) is 0 Å². The second kappa shape index (κ2) is 4.65. The number of hydrogen-bond acceptors (Lipinski definition) is 2. The summed E-state index contributed by atoms with van der Waals surface area (Å²) in [5.74, 6) is -0.181. The molecule has 16 heavy (non-hydrogen) atoms. The van der Waals surface area contributed by atoms with Crippen molar-refractivity contribution >= 4 is 5.78 Å². The van der Waals surface area contributed by atoms with Gasteiger partial charge in [0.1, 0.15) is 5.78 Å². The van der Waals surface area contributed by atoms with Crippen molar-refractivity contribution in [3.05, 3.63) is 35.4 Å². The molecule has 88 valence electrons. The Morgan fingerprint density at radius 3 is 2.19 bits per heavy atom. The topological polar surface area (TPSA) is 43.1 Å². The SMILES string of the molecule is CC(=O)[C@@H](N)Cc1ccc(C(F)(F)F)cc1. The predicted octanol–water partition coefficient (Wildman–Crippen LogP) is 2.16. The first-order chi connectivity index (χ1) is 7.30. The monoisotopic (exact) mass is 231 g/mol. The van der Waals surface area contributed by atoms with E-state index in [1.54, 1.807) is 0 Å². The number of nitrogens with two attached hydrogens (primary N) is 1. The molecule has 2 N–H and O–H groups in total. The van der Waals surface area contributed by atoms with E-state index in [2.05, 4.69) is 0 Å². The van der Waals surface area contributed by atoms with Gasteiger partial charge < -0.3 is 5.73 Å². The third-order valence-electron chi connectivity index (χ3n) is 2.26. The Morgan fingerprint density at radius 2 is 1.81 bits per heavy atom. The van der Waals surface area contributed by atoms with Crippen LogP contribution in [0.25, 0.3) is 0 Å². The summed E-state index contributed by atoms with van der Waals surface area (Å²) in [5.41, 5.74) is 5.42. The highest BCUT2D eigenvalue weighted by Crippen LogP contribution is 2.29. The molecule has 0 bridgehead atoms. The standard InChI is InChI=1S/C11H12F3NO/c1-7(16)10(15)6-8-2-4-9(5-3-8)11(12,13)14/h2-5,10H,6,15H2,1H3/t10-/m0/s1. The smallest absolute Gasteiger partial charge is 0.321 e. The first kappa shape index (κ1) is 12.7. The van der Waals surface area contributed by atoms with E-state index in [4.69, 9.17) is 5.73 Å². The summed E-state index contributed by atoms with van der Waals surface area (Å²) in [6, 6.07) is 4.00. The molecule has 1 atom stereocenters. The van der Waals surface area contributed by atoms with Gasteiger partial charge in [0.25, 0.3) is 0 Å². The van der Waals surface area contributed by atoms with Crippen molar-refractivity contribution in [2.45, 2.75) is 25.6 Å². The number of halogens is 3. The van der Waals surface area contributed by atoms with Crippen molar-refractivity contribution < 1.29 is 18.0 Å². The summed E-state index contributed by atoms with van der Waals surface area (Å²) in [7, 11) is 0. The Kier molecular flexibility index (Phi) is 3.70. The molecular formula is C11H12F3NO. The van der Waals surface area contributed by atoms with Crippen molar-refractivity contribution in [2.75, 3.05) is 0 Å². The van der Waals surface area contributed by atoms with Gasteiger partial charge in [0.15, 0.2) is 0 Å².